The fourth-order valence-electron chi connectivity index (χ4n) is 2.09. The first-order valence-electron chi connectivity index (χ1n) is 5.14. The van der Waals surface area contributed by atoms with Gasteiger partial charge in [0.15, 0.2) is 0 Å². The molecule has 0 aliphatic carbocycles. The maximum absolute atomic E-state index is 5.64. The van der Waals surface area contributed by atoms with E-state index in [0.29, 0.717) is 0 Å². The van der Waals surface area contributed by atoms with Crippen LogP contribution in [0.25, 0.3) is 0 Å². The standard InChI is InChI=1S/C12H17NO/c1-14-12(7-8-13-10-12)9-11-5-3-2-4-6-11/h2-6,13H,7-10H2,1H3. The van der Waals surface area contributed by atoms with E-state index in [1.807, 2.05) is 7.11 Å². The zero-order chi connectivity index (χ0) is 9.86. The van der Waals surface area contributed by atoms with Crippen LogP contribution in [-0.4, -0.2) is 25.8 Å². The lowest BCUT2D eigenvalue weighted by Crippen LogP contribution is -2.36. The van der Waals surface area contributed by atoms with Gasteiger partial charge < -0.3 is 10.1 Å². The minimum absolute atomic E-state index is 0.0291. The number of benzene rings is 1. The average Bonchev–Trinajstić information content (AvgIpc) is 2.69. The van der Waals surface area contributed by atoms with Crippen LogP contribution >= 0.6 is 0 Å². The van der Waals surface area contributed by atoms with Gasteiger partial charge in [-0.1, -0.05) is 30.3 Å². The summed E-state index contributed by atoms with van der Waals surface area (Å²) < 4.78 is 5.64. The van der Waals surface area contributed by atoms with E-state index in [4.69, 9.17) is 4.74 Å². The Balaban J connectivity index is 2.08. The van der Waals surface area contributed by atoms with Crippen molar-refractivity contribution in [2.45, 2.75) is 18.4 Å². The van der Waals surface area contributed by atoms with Crippen LogP contribution in [0.15, 0.2) is 30.3 Å². The van der Waals surface area contributed by atoms with Crippen molar-refractivity contribution in [2.75, 3.05) is 20.2 Å². The van der Waals surface area contributed by atoms with E-state index in [9.17, 15) is 0 Å². The lowest BCUT2D eigenvalue weighted by Gasteiger charge is -2.26. The molecule has 0 amide bonds. The van der Waals surface area contributed by atoms with Crippen molar-refractivity contribution < 1.29 is 4.74 Å². The van der Waals surface area contributed by atoms with E-state index >= 15 is 0 Å². The van der Waals surface area contributed by atoms with E-state index in [1.165, 1.54) is 5.56 Å². The van der Waals surface area contributed by atoms with Crippen molar-refractivity contribution in [3.8, 4) is 0 Å². The van der Waals surface area contributed by atoms with E-state index in [-0.39, 0.29) is 5.60 Å². The van der Waals surface area contributed by atoms with Gasteiger partial charge in [-0.2, -0.15) is 0 Å². The molecule has 1 fully saturated rings. The summed E-state index contributed by atoms with van der Waals surface area (Å²) in [6.07, 6.45) is 2.12. The Morgan fingerprint density at radius 2 is 2.14 bits per heavy atom. The van der Waals surface area contributed by atoms with Gasteiger partial charge in [-0.25, -0.2) is 0 Å². The van der Waals surface area contributed by atoms with E-state index in [1.54, 1.807) is 0 Å². The van der Waals surface area contributed by atoms with Crippen LogP contribution < -0.4 is 5.32 Å². The van der Waals surface area contributed by atoms with Gasteiger partial charge in [0, 0.05) is 20.1 Å². The van der Waals surface area contributed by atoms with Crippen molar-refractivity contribution >= 4 is 0 Å². The van der Waals surface area contributed by atoms with Crippen molar-refractivity contribution in [2.24, 2.45) is 0 Å². The summed E-state index contributed by atoms with van der Waals surface area (Å²) >= 11 is 0. The van der Waals surface area contributed by atoms with Crippen molar-refractivity contribution in [1.82, 2.24) is 5.32 Å². The Bertz CT molecular complexity index is 278. The summed E-state index contributed by atoms with van der Waals surface area (Å²) in [5.74, 6) is 0. The molecule has 0 bridgehead atoms. The summed E-state index contributed by atoms with van der Waals surface area (Å²) in [7, 11) is 1.82. The Labute approximate surface area is 85.3 Å². The normalized spacial score (nSPS) is 26.6. The van der Waals surface area contributed by atoms with Gasteiger partial charge >= 0.3 is 0 Å². The molecule has 1 heterocycles. The van der Waals surface area contributed by atoms with Crippen LogP contribution in [0.4, 0.5) is 0 Å². The Morgan fingerprint density at radius 3 is 2.71 bits per heavy atom. The van der Waals surface area contributed by atoms with E-state index < -0.39 is 0 Å². The number of methoxy groups -OCH3 is 1. The maximum atomic E-state index is 5.64. The molecule has 1 aliphatic rings. The monoisotopic (exact) mass is 191 g/mol. The molecule has 1 unspecified atom stereocenters. The van der Waals surface area contributed by atoms with E-state index in [2.05, 4.69) is 35.6 Å². The molecule has 76 valence electrons. The number of ether oxygens (including phenoxy) is 1. The van der Waals surface area contributed by atoms with Crippen LogP contribution in [0, 0.1) is 0 Å². The smallest absolute Gasteiger partial charge is 0.0854 e. The third-order valence-electron chi connectivity index (χ3n) is 3.01. The number of hydrogen-bond acceptors (Lipinski definition) is 2. The molecule has 14 heavy (non-hydrogen) atoms. The summed E-state index contributed by atoms with van der Waals surface area (Å²) in [6.45, 7) is 2.04. The van der Waals surface area contributed by atoms with Gasteiger partial charge in [-0.15, -0.1) is 0 Å². The molecule has 2 heteroatoms. The molecule has 1 N–H and O–H groups in total. The second-order valence-electron chi connectivity index (χ2n) is 3.98. The fraction of sp³-hybridized carbons (Fsp3) is 0.500. The highest BCUT2D eigenvalue weighted by Gasteiger charge is 2.33. The zero-order valence-corrected chi connectivity index (χ0v) is 8.62. The fourth-order valence-corrected chi connectivity index (χ4v) is 2.09. The van der Waals surface area contributed by atoms with Crippen LogP contribution in [0.2, 0.25) is 0 Å². The minimum atomic E-state index is 0.0291. The predicted molar refractivity (Wildman–Crippen MR) is 57.4 cm³/mol. The van der Waals surface area contributed by atoms with E-state index in [0.717, 1.165) is 25.9 Å². The molecule has 2 nitrogen and oxygen atoms in total. The molecular formula is C12H17NO. The zero-order valence-electron chi connectivity index (χ0n) is 8.62. The van der Waals surface area contributed by atoms with Crippen LogP contribution in [-0.2, 0) is 11.2 Å². The molecule has 0 aromatic heterocycles. The van der Waals surface area contributed by atoms with Gasteiger partial charge in [0.2, 0.25) is 0 Å². The van der Waals surface area contributed by atoms with Crippen molar-refractivity contribution in [3.05, 3.63) is 35.9 Å². The predicted octanol–water partition coefficient (Wildman–Crippen LogP) is 1.61. The Hall–Kier alpha value is -0.860. The third kappa shape index (κ3) is 1.97. The molecule has 1 aromatic carbocycles. The summed E-state index contributed by atoms with van der Waals surface area (Å²) in [6, 6.07) is 10.6. The largest absolute Gasteiger partial charge is 0.377 e. The molecule has 0 spiro atoms. The molecular weight excluding hydrogens is 174 g/mol. The highest BCUT2D eigenvalue weighted by atomic mass is 16.5. The molecule has 0 radical (unpaired) electrons. The first-order chi connectivity index (χ1) is 6.85. The Kier molecular flexibility index (Phi) is 2.85. The van der Waals surface area contributed by atoms with Crippen LogP contribution in [0.3, 0.4) is 0 Å². The average molecular weight is 191 g/mol. The molecule has 2 rings (SSSR count). The second kappa shape index (κ2) is 4.11. The minimum Gasteiger partial charge on any atom is -0.377 e. The summed E-state index contributed by atoms with van der Waals surface area (Å²) in [5.41, 5.74) is 1.39. The molecule has 1 atom stereocenters. The highest BCUT2D eigenvalue weighted by molar-refractivity contribution is 5.18. The molecule has 1 aliphatic heterocycles. The molecule has 1 aromatic rings. The van der Waals surface area contributed by atoms with Gasteiger partial charge in [-0.05, 0) is 18.5 Å². The Morgan fingerprint density at radius 1 is 1.36 bits per heavy atom. The first kappa shape index (κ1) is 9.69. The van der Waals surface area contributed by atoms with Gasteiger partial charge in [-0.3, -0.25) is 0 Å². The summed E-state index contributed by atoms with van der Waals surface area (Å²) in [5, 5.41) is 3.36. The number of hydrogen-bond donors (Lipinski definition) is 1. The van der Waals surface area contributed by atoms with Crippen LogP contribution in [0.5, 0.6) is 0 Å². The van der Waals surface area contributed by atoms with Gasteiger partial charge in [0.1, 0.15) is 0 Å². The topological polar surface area (TPSA) is 21.3 Å². The number of nitrogens with one attached hydrogen (secondary N) is 1. The summed E-state index contributed by atoms with van der Waals surface area (Å²) in [4.78, 5) is 0. The molecule has 1 saturated heterocycles. The second-order valence-corrected chi connectivity index (χ2v) is 3.98. The lowest BCUT2D eigenvalue weighted by molar-refractivity contribution is 0.00776. The van der Waals surface area contributed by atoms with Crippen molar-refractivity contribution in [3.63, 3.8) is 0 Å². The number of rotatable bonds is 3. The van der Waals surface area contributed by atoms with Crippen LogP contribution in [0.1, 0.15) is 12.0 Å². The SMILES string of the molecule is COC1(Cc2ccccc2)CCNC1. The lowest BCUT2D eigenvalue weighted by atomic mass is 9.93. The first-order valence-corrected chi connectivity index (χ1v) is 5.14. The van der Waals surface area contributed by atoms with Crippen molar-refractivity contribution in [1.29, 1.82) is 0 Å². The molecule has 0 saturated carbocycles. The van der Waals surface area contributed by atoms with Gasteiger partial charge in [0.05, 0.1) is 5.60 Å². The third-order valence-corrected chi connectivity index (χ3v) is 3.01. The van der Waals surface area contributed by atoms with Gasteiger partial charge in [0.25, 0.3) is 0 Å². The quantitative estimate of drug-likeness (QED) is 0.783. The maximum Gasteiger partial charge on any atom is 0.0854 e. The highest BCUT2D eigenvalue weighted by Crippen LogP contribution is 2.23.